The van der Waals surface area contributed by atoms with E-state index in [1.165, 1.54) is 12.1 Å². The molecule has 128 valence electrons. The van der Waals surface area contributed by atoms with Crippen LogP contribution in [0.4, 0.5) is 14.5 Å². The second kappa shape index (κ2) is 8.49. The molecule has 1 unspecified atom stereocenters. The lowest BCUT2D eigenvalue weighted by Gasteiger charge is -2.15. The lowest BCUT2D eigenvalue weighted by Crippen LogP contribution is -2.32. The highest BCUT2D eigenvalue weighted by Crippen LogP contribution is 2.18. The van der Waals surface area contributed by atoms with E-state index in [4.69, 9.17) is 11.6 Å². The van der Waals surface area contributed by atoms with E-state index >= 15 is 0 Å². The number of hydrogen-bond donors (Lipinski definition) is 2. The van der Waals surface area contributed by atoms with Crippen LogP contribution in [0.15, 0.2) is 48.5 Å². The van der Waals surface area contributed by atoms with Crippen molar-refractivity contribution in [2.75, 3.05) is 11.9 Å². The number of carbonyl (C=O) groups is 1. The Kier molecular flexibility index (Phi) is 6.37. The first kappa shape index (κ1) is 18.0. The predicted molar refractivity (Wildman–Crippen MR) is 89.6 cm³/mol. The molecule has 0 bridgehead atoms. The van der Waals surface area contributed by atoms with Crippen molar-refractivity contribution in [2.45, 2.75) is 19.6 Å². The first-order valence-electron chi connectivity index (χ1n) is 7.27. The Balaban J connectivity index is 1.81. The predicted octanol–water partition coefficient (Wildman–Crippen LogP) is 4.23. The number of hydrogen-bond acceptors (Lipinski definition) is 3. The number of nitrogens with one attached hydrogen (secondary N) is 2. The monoisotopic (exact) mass is 354 g/mol. The highest BCUT2D eigenvalue weighted by molar-refractivity contribution is 6.30. The first-order chi connectivity index (χ1) is 11.4. The minimum absolute atomic E-state index is 0.0625. The summed E-state index contributed by atoms with van der Waals surface area (Å²) in [7, 11) is 0. The Hall–Kier alpha value is -2.34. The molecule has 0 radical (unpaired) electrons. The second-order valence-corrected chi connectivity index (χ2v) is 5.53. The number of amides is 1. The standard InChI is InChI=1S/C17H17ClF2N2O2/c1-11(12-2-4-13(18)5-3-12)22-16(23)10-21-14-6-8-15(9-7-14)24-17(19)20/h2-9,11,17,21H,10H2,1H3,(H,22,23). The van der Waals surface area contributed by atoms with Crippen molar-refractivity contribution in [1.82, 2.24) is 5.32 Å². The Morgan fingerprint density at radius 1 is 1.12 bits per heavy atom. The summed E-state index contributed by atoms with van der Waals surface area (Å²) in [6, 6.07) is 13.0. The molecule has 0 heterocycles. The number of halogens is 3. The van der Waals surface area contributed by atoms with Crippen molar-refractivity contribution in [3.05, 3.63) is 59.1 Å². The zero-order valence-corrected chi connectivity index (χ0v) is 13.7. The highest BCUT2D eigenvalue weighted by Gasteiger charge is 2.09. The Bertz CT molecular complexity index is 663. The van der Waals surface area contributed by atoms with Gasteiger partial charge in [0.2, 0.25) is 5.91 Å². The average Bonchev–Trinajstić information content (AvgIpc) is 2.54. The summed E-state index contributed by atoms with van der Waals surface area (Å²) in [6.07, 6.45) is 0. The van der Waals surface area contributed by atoms with Crippen molar-refractivity contribution in [2.24, 2.45) is 0 Å². The summed E-state index contributed by atoms with van der Waals surface area (Å²) in [4.78, 5) is 12.0. The third-order valence-electron chi connectivity index (χ3n) is 3.28. The molecular weight excluding hydrogens is 338 g/mol. The maximum atomic E-state index is 12.1. The number of alkyl halides is 2. The third kappa shape index (κ3) is 5.70. The maximum Gasteiger partial charge on any atom is 0.387 e. The van der Waals surface area contributed by atoms with E-state index in [0.29, 0.717) is 10.7 Å². The van der Waals surface area contributed by atoms with Crippen molar-refractivity contribution in [3.63, 3.8) is 0 Å². The fourth-order valence-corrected chi connectivity index (χ4v) is 2.19. The number of carbonyl (C=O) groups excluding carboxylic acids is 1. The van der Waals surface area contributed by atoms with Crippen LogP contribution in [0.2, 0.25) is 5.02 Å². The molecule has 7 heteroatoms. The van der Waals surface area contributed by atoms with Gasteiger partial charge >= 0.3 is 6.61 Å². The van der Waals surface area contributed by atoms with Crippen LogP contribution in [0.3, 0.4) is 0 Å². The fraction of sp³-hybridized carbons (Fsp3) is 0.235. The molecule has 0 aromatic heterocycles. The van der Waals surface area contributed by atoms with Crippen LogP contribution in [0.5, 0.6) is 5.75 Å². The molecule has 1 atom stereocenters. The van der Waals surface area contributed by atoms with Crippen LogP contribution in [0, 0.1) is 0 Å². The summed E-state index contributed by atoms with van der Waals surface area (Å²) in [5.41, 5.74) is 1.58. The number of rotatable bonds is 7. The van der Waals surface area contributed by atoms with Gasteiger partial charge < -0.3 is 15.4 Å². The van der Waals surface area contributed by atoms with Gasteiger partial charge in [0.15, 0.2) is 0 Å². The summed E-state index contributed by atoms with van der Waals surface area (Å²) in [5, 5.41) is 6.41. The van der Waals surface area contributed by atoms with E-state index in [1.54, 1.807) is 24.3 Å². The quantitative estimate of drug-likeness (QED) is 0.782. The van der Waals surface area contributed by atoms with E-state index in [2.05, 4.69) is 15.4 Å². The van der Waals surface area contributed by atoms with Gasteiger partial charge in [0.25, 0.3) is 0 Å². The molecule has 0 aliphatic heterocycles. The minimum atomic E-state index is -2.86. The van der Waals surface area contributed by atoms with E-state index < -0.39 is 6.61 Å². The molecular formula is C17H17ClF2N2O2. The van der Waals surface area contributed by atoms with Crippen molar-refractivity contribution in [3.8, 4) is 5.75 Å². The molecule has 0 saturated carbocycles. The summed E-state index contributed by atoms with van der Waals surface area (Å²) in [5.74, 6) is -0.123. The molecule has 4 nitrogen and oxygen atoms in total. The molecule has 2 N–H and O–H groups in total. The van der Waals surface area contributed by atoms with Gasteiger partial charge in [0.05, 0.1) is 12.6 Å². The Morgan fingerprint density at radius 3 is 2.33 bits per heavy atom. The van der Waals surface area contributed by atoms with E-state index in [9.17, 15) is 13.6 Å². The lowest BCUT2D eigenvalue weighted by atomic mass is 10.1. The minimum Gasteiger partial charge on any atom is -0.435 e. The van der Waals surface area contributed by atoms with Gasteiger partial charge in [-0.2, -0.15) is 8.78 Å². The molecule has 2 rings (SSSR count). The molecule has 0 fully saturated rings. The Labute approximate surface area is 143 Å². The number of benzene rings is 2. The van der Waals surface area contributed by atoms with Crippen LogP contribution < -0.4 is 15.4 Å². The Morgan fingerprint density at radius 2 is 1.75 bits per heavy atom. The largest absolute Gasteiger partial charge is 0.435 e. The number of ether oxygens (including phenoxy) is 1. The van der Waals surface area contributed by atoms with Gasteiger partial charge in [-0.25, -0.2) is 0 Å². The zero-order chi connectivity index (χ0) is 17.5. The molecule has 0 aliphatic carbocycles. The van der Waals surface area contributed by atoms with Crippen molar-refractivity contribution in [1.29, 1.82) is 0 Å². The SMILES string of the molecule is CC(NC(=O)CNc1ccc(OC(F)F)cc1)c1ccc(Cl)cc1. The molecule has 2 aromatic carbocycles. The van der Waals surface area contributed by atoms with E-state index in [-0.39, 0.29) is 24.2 Å². The van der Waals surface area contributed by atoms with Crippen LogP contribution in [0.1, 0.15) is 18.5 Å². The second-order valence-electron chi connectivity index (χ2n) is 5.10. The van der Waals surface area contributed by atoms with Gasteiger partial charge in [-0.05, 0) is 48.9 Å². The molecule has 24 heavy (non-hydrogen) atoms. The van der Waals surface area contributed by atoms with E-state index in [1.807, 2.05) is 19.1 Å². The number of anilines is 1. The average molecular weight is 355 g/mol. The van der Waals surface area contributed by atoms with Crippen LogP contribution in [-0.2, 0) is 4.79 Å². The van der Waals surface area contributed by atoms with Gasteiger partial charge in [0, 0.05) is 10.7 Å². The highest BCUT2D eigenvalue weighted by atomic mass is 35.5. The molecule has 2 aromatic rings. The van der Waals surface area contributed by atoms with Crippen LogP contribution >= 0.6 is 11.6 Å². The zero-order valence-electron chi connectivity index (χ0n) is 12.9. The fourth-order valence-electron chi connectivity index (χ4n) is 2.06. The molecule has 0 saturated heterocycles. The summed E-state index contributed by atoms with van der Waals surface area (Å²) >= 11 is 5.83. The summed E-state index contributed by atoms with van der Waals surface area (Å²) in [6.45, 7) is -0.922. The van der Waals surface area contributed by atoms with Crippen molar-refractivity contribution >= 4 is 23.2 Å². The van der Waals surface area contributed by atoms with Crippen LogP contribution in [0.25, 0.3) is 0 Å². The van der Waals surface area contributed by atoms with Crippen LogP contribution in [-0.4, -0.2) is 19.1 Å². The van der Waals surface area contributed by atoms with Gasteiger partial charge in [-0.1, -0.05) is 23.7 Å². The molecule has 0 aliphatic rings. The maximum absolute atomic E-state index is 12.1. The van der Waals surface area contributed by atoms with Gasteiger partial charge in [0.1, 0.15) is 5.75 Å². The molecule has 1 amide bonds. The van der Waals surface area contributed by atoms with Crippen molar-refractivity contribution < 1.29 is 18.3 Å². The topological polar surface area (TPSA) is 50.4 Å². The summed E-state index contributed by atoms with van der Waals surface area (Å²) < 4.78 is 28.4. The lowest BCUT2D eigenvalue weighted by molar-refractivity contribution is -0.120. The normalized spacial score (nSPS) is 11.9. The molecule has 0 spiro atoms. The smallest absolute Gasteiger partial charge is 0.387 e. The van der Waals surface area contributed by atoms with Gasteiger partial charge in [-0.3, -0.25) is 4.79 Å². The third-order valence-corrected chi connectivity index (χ3v) is 3.53. The first-order valence-corrected chi connectivity index (χ1v) is 7.65. The van der Waals surface area contributed by atoms with Gasteiger partial charge in [-0.15, -0.1) is 0 Å². The van der Waals surface area contributed by atoms with E-state index in [0.717, 1.165) is 5.56 Å².